The second-order valence-corrected chi connectivity index (χ2v) is 14.0. The number of fused-ring (bicyclic) bond motifs is 8. The summed E-state index contributed by atoms with van der Waals surface area (Å²) in [5, 5.41) is 2.99. The van der Waals surface area contributed by atoms with Gasteiger partial charge in [0.15, 0.2) is 21.7 Å². The maximum Gasteiger partial charge on any atom is 0.196 e. The molecule has 0 unspecified atom stereocenters. The van der Waals surface area contributed by atoms with E-state index in [4.69, 9.17) is 13.0 Å². The highest BCUT2D eigenvalue weighted by Crippen LogP contribution is 2.30. The number of quaternary nitrogens is 1. The van der Waals surface area contributed by atoms with E-state index in [1.807, 2.05) is 23.2 Å². The van der Waals surface area contributed by atoms with Crippen molar-refractivity contribution < 1.29 is 17.5 Å². The van der Waals surface area contributed by atoms with Crippen molar-refractivity contribution in [3.8, 4) is 0 Å². The van der Waals surface area contributed by atoms with Crippen molar-refractivity contribution >= 4 is 75.3 Å². The van der Waals surface area contributed by atoms with Crippen LogP contribution in [-0.4, -0.2) is 59.0 Å². The second kappa shape index (κ2) is 13.7. The first-order chi connectivity index (χ1) is 23.6. The molecule has 1 heterocycles. The van der Waals surface area contributed by atoms with Crippen LogP contribution < -0.4 is 21.7 Å². The summed E-state index contributed by atoms with van der Waals surface area (Å²) in [6.07, 6.45) is 0.604. The summed E-state index contributed by atoms with van der Waals surface area (Å²) in [4.78, 5) is 53.9. The normalized spacial score (nSPS) is 12.0. The lowest BCUT2D eigenvalue weighted by molar-refractivity contribution is -0.921. The van der Waals surface area contributed by atoms with Crippen LogP contribution in [0.5, 0.6) is 0 Å². The van der Waals surface area contributed by atoms with Crippen LogP contribution in [0.15, 0.2) is 92.0 Å². The molecule has 0 bridgehead atoms. The summed E-state index contributed by atoms with van der Waals surface area (Å²) >= 11 is 0. The quantitative estimate of drug-likeness (QED) is 0.107. The molecule has 0 aliphatic carbocycles. The molecule has 10 nitrogen and oxygen atoms in total. The van der Waals surface area contributed by atoms with Crippen LogP contribution in [-0.2, 0) is 24.2 Å². The minimum absolute atomic E-state index is 0.187. The molecule has 0 aliphatic heterocycles. The number of nitrogens with zero attached hydrogens (tertiary/aromatic N) is 3. The third-order valence-corrected chi connectivity index (χ3v) is 10.2. The molecular formula is C39H41N3O7S. The Balaban J connectivity index is 0.000000296. The molecule has 0 N–H and O–H groups in total. The van der Waals surface area contributed by atoms with E-state index in [0.29, 0.717) is 71.4 Å². The molecule has 6 aromatic carbocycles. The highest BCUT2D eigenvalue weighted by Gasteiger charge is 2.20. The molecule has 0 saturated carbocycles. The summed E-state index contributed by atoms with van der Waals surface area (Å²) in [5.74, 6) is 0. The fraction of sp³-hybridized carbons (Fsp3) is 0.282. The monoisotopic (exact) mass is 695 g/mol. The molecule has 0 saturated heterocycles. The highest BCUT2D eigenvalue weighted by molar-refractivity contribution is 7.84. The maximum atomic E-state index is 13.7. The van der Waals surface area contributed by atoms with Crippen molar-refractivity contribution in [1.82, 2.24) is 9.13 Å². The fourth-order valence-electron chi connectivity index (χ4n) is 7.12. The van der Waals surface area contributed by atoms with Crippen molar-refractivity contribution in [2.45, 2.75) is 27.7 Å². The van der Waals surface area contributed by atoms with Crippen LogP contribution in [0.25, 0.3) is 65.2 Å². The van der Waals surface area contributed by atoms with Gasteiger partial charge in [-0.25, -0.2) is 8.42 Å². The van der Waals surface area contributed by atoms with E-state index in [2.05, 4.69) is 27.7 Å². The van der Waals surface area contributed by atoms with E-state index in [9.17, 15) is 19.2 Å². The van der Waals surface area contributed by atoms with Crippen LogP contribution in [0.1, 0.15) is 27.7 Å². The van der Waals surface area contributed by atoms with Gasteiger partial charge in [-0.2, -0.15) is 0 Å². The first-order valence-electron chi connectivity index (χ1n) is 16.6. The standard InChI is InChI=1S/C30H18N2O4.C8H20N.CH4O3S/c1-31-21-13-11-20-24(30(36)18-10-6-4-8-16(18)28(20)34)26(21)32(2)22-14-12-19-23(25(22)31)29(35)17-9-5-3-7-15(17)27(19)33;1-5-9(6-2,7-3)8-4;1-5(2,3)4/h3-14H,1-2H3;5-8H2,1-4H3;1H3,(H,2,3,4)/q;+1;/p-1. The smallest absolute Gasteiger partial charge is 0.196 e. The van der Waals surface area contributed by atoms with Crippen LogP contribution in [0.2, 0.25) is 0 Å². The van der Waals surface area contributed by atoms with Gasteiger partial charge in [-0.05, 0) is 52.0 Å². The van der Waals surface area contributed by atoms with Gasteiger partial charge in [-0.15, -0.1) is 0 Å². The average Bonchev–Trinajstić information content (AvgIpc) is 3.11. The van der Waals surface area contributed by atoms with Crippen molar-refractivity contribution in [3.05, 3.63) is 114 Å². The molecule has 0 spiro atoms. The van der Waals surface area contributed by atoms with Gasteiger partial charge >= 0.3 is 0 Å². The number of benzene rings is 6. The van der Waals surface area contributed by atoms with E-state index >= 15 is 0 Å². The Morgan fingerprint density at radius 2 is 0.800 bits per heavy atom. The minimum atomic E-state index is -3.92. The molecule has 50 heavy (non-hydrogen) atoms. The van der Waals surface area contributed by atoms with E-state index in [-0.39, 0.29) is 21.7 Å². The van der Waals surface area contributed by atoms with Crippen molar-refractivity contribution in [2.24, 2.45) is 14.1 Å². The molecule has 7 aromatic rings. The van der Waals surface area contributed by atoms with Crippen LogP contribution in [0, 0.1) is 0 Å². The van der Waals surface area contributed by atoms with E-state index in [1.54, 1.807) is 72.8 Å². The van der Waals surface area contributed by atoms with Crippen molar-refractivity contribution in [1.29, 1.82) is 0 Å². The molecule has 0 aliphatic rings. The lowest BCUT2D eigenvalue weighted by Crippen LogP contribution is -2.47. The molecule has 0 amide bonds. The lowest BCUT2D eigenvalue weighted by atomic mass is 9.99. The van der Waals surface area contributed by atoms with Gasteiger partial charge in [-0.3, -0.25) is 19.2 Å². The third-order valence-electron chi connectivity index (χ3n) is 10.2. The summed E-state index contributed by atoms with van der Waals surface area (Å²) in [5.41, 5.74) is 1.77. The minimum Gasteiger partial charge on any atom is -0.748 e. The molecule has 0 radical (unpaired) electrons. The lowest BCUT2D eigenvalue weighted by Gasteiger charge is -2.34. The average molecular weight is 696 g/mol. The van der Waals surface area contributed by atoms with Gasteiger partial charge in [0, 0.05) is 52.7 Å². The number of hydrogen-bond donors (Lipinski definition) is 0. The SMILES string of the molecule is CC[N+](CC)(CC)CC.CS(=O)(=O)[O-].Cn1c2ccc3c(=O)c4ccccc4c(=O)c3c2n(C)c2ccc3c(=O)c4ccccc4c(=O)c3c21. The Morgan fingerprint density at radius 3 is 1.06 bits per heavy atom. The number of rotatable bonds is 4. The number of aromatic nitrogens is 2. The van der Waals surface area contributed by atoms with Crippen molar-refractivity contribution in [3.63, 3.8) is 0 Å². The Labute approximate surface area is 289 Å². The first-order valence-corrected chi connectivity index (χ1v) is 18.4. The molecule has 7 rings (SSSR count). The Kier molecular flexibility index (Phi) is 9.98. The Morgan fingerprint density at radius 1 is 0.520 bits per heavy atom. The summed E-state index contributed by atoms with van der Waals surface area (Å²) < 4.78 is 32.2. The second-order valence-electron chi connectivity index (χ2n) is 12.5. The highest BCUT2D eigenvalue weighted by atomic mass is 32.2. The molecule has 260 valence electrons. The van der Waals surface area contributed by atoms with Crippen LogP contribution in [0.4, 0.5) is 0 Å². The van der Waals surface area contributed by atoms with Gasteiger partial charge in [0.2, 0.25) is 0 Å². The fourth-order valence-corrected chi connectivity index (χ4v) is 7.12. The topological polar surface area (TPSA) is 135 Å². The molecule has 1 aromatic heterocycles. The van der Waals surface area contributed by atoms with Crippen molar-refractivity contribution in [2.75, 3.05) is 32.4 Å². The number of hydrogen-bond acceptors (Lipinski definition) is 7. The van der Waals surface area contributed by atoms with E-state index < -0.39 is 10.1 Å². The van der Waals surface area contributed by atoms with Crippen LogP contribution in [0.3, 0.4) is 0 Å². The van der Waals surface area contributed by atoms with E-state index in [0.717, 1.165) is 0 Å². The summed E-state index contributed by atoms with van der Waals surface area (Å²) in [7, 11) is -0.280. The largest absolute Gasteiger partial charge is 0.748 e. The predicted molar refractivity (Wildman–Crippen MR) is 204 cm³/mol. The zero-order chi connectivity index (χ0) is 36.7. The van der Waals surface area contributed by atoms with Gasteiger partial charge in [0.25, 0.3) is 0 Å². The van der Waals surface area contributed by atoms with E-state index in [1.165, 1.54) is 30.7 Å². The Hall–Kier alpha value is -4.97. The zero-order valence-electron chi connectivity index (χ0n) is 29.4. The predicted octanol–water partition coefficient (Wildman–Crippen LogP) is 5.21. The number of aryl methyl sites for hydroxylation is 2. The maximum absolute atomic E-state index is 13.7. The van der Waals surface area contributed by atoms with Gasteiger partial charge in [0.1, 0.15) is 0 Å². The molecule has 0 atom stereocenters. The molecular weight excluding hydrogens is 655 g/mol. The van der Waals surface area contributed by atoms with Gasteiger partial charge < -0.3 is 18.2 Å². The molecule has 11 heteroatoms. The summed E-state index contributed by atoms with van der Waals surface area (Å²) in [6.45, 7) is 14.2. The third kappa shape index (κ3) is 6.17. The zero-order valence-corrected chi connectivity index (χ0v) is 30.2. The van der Waals surface area contributed by atoms with Gasteiger partial charge in [-0.1, -0.05) is 48.5 Å². The molecule has 0 fully saturated rings. The van der Waals surface area contributed by atoms with Crippen LogP contribution >= 0.6 is 0 Å². The summed E-state index contributed by atoms with van der Waals surface area (Å²) in [6, 6.07) is 20.7. The first kappa shape index (κ1) is 36.3. The van der Waals surface area contributed by atoms with Gasteiger partial charge in [0.05, 0.1) is 69.1 Å². The Bertz CT molecular complexity index is 2610.